The molecular formula is C14H14FNO2. The van der Waals surface area contributed by atoms with E-state index in [0.29, 0.717) is 0 Å². The molecule has 0 saturated heterocycles. The number of para-hydroxylation sites is 1. The van der Waals surface area contributed by atoms with E-state index in [4.69, 9.17) is 0 Å². The molecule has 0 fully saturated rings. The Morgan fingerprint density at radius 1 is 0.944 bits per heavy atom. The summed E-state index contributed by atoms with van der Waals surface area (Å²) in [6, 6.07) is 6.11. The Bertz CT molecular complexity index is 575. The van der Waals surface area contributed by atoms with Crippen LogP contribution in [-0.4, -0.2) is 14.8 Å². The number of rotatable bonds is 1. The van der Waals surface area contributed by atoms with Gasteiger partial charge in [-0.05, 0) is 37.8 Å². The summed E-state index contributed by atoms with van der Waals surface area (Å²) in [5, 5.41) is 20.3. The van der Waals surface area contributed by atoms with Crippen molar-refractivity contribution in [3.8, 4) is 17.4 Å². The molecule has 1 heterocycles. The maximum atomic E-state index is 13.8. The van der Waals surface area contributed by atoms with Gasteiger partial charge < -0.3 is 10.2 Å². The van der Waals surface area contributed by atoms with Crippen molar-refractivity contribution in [2.24, 2.45) is 0 Å². The van der Waals surface area contributed by atoms with E-state index in [1.165, 1.54) is 10.6 Å². The minimum Gasteiger partial charge on any atom is -0.494 e. The number of halogens is 1. The van der Waals surface area contributed by atoms with Gasteiger partial charge in [-0.3, -0.25) is 0 Å². The van der Waals surface area contributed by atoms with E-state index in [2.05, 4.69) is 0 Å². The van der Waals surface area contributed by atoms with Gasteiger partial charge in [0.25, 0.3) is 0 Å². The molecule has 1 aromatic carbocycles. The first kappa shape index (κ1) is 11.1. The second-order valence-corrected chi connectivity index (χ2v) is 4.60. The van der Waals surface area contributed by atoms with Crippen molar-refractivity contribution in [3.05, 3.63) is 41.2 Å². The average molecular weight is 247 g/mol. The molecule has 0 bridgehead atoms. The van der Waals surface area contributed by atoms with Crippen molar-refractivity contribution in [1.29, 1.82) is 0 Å². The van der Waals surface area contributed by atoms with Gasteiger partial charge in [0.2, 0.25) is 11.8 Å². The second kappa shape index (κ2) is 4.05. The Morgan fingerprint density at radius 2 is 1.50 bits per heavy atom. The number of hydrogen-bond donors (Lipinski definition) is 2. The largest absolute Gasteiger partial charge is 0.494 e. The highest BCUT2D eigenvalue weighted by Gasteiger charge is 2.26. The molecule has 0 radical (unpaired) electrons. The van der Waals surface area contributed by atoms with Crippen molar-refractivity contribution in [2.75, 3.05) is 0 Å². The Kier molecular flexibility index (Phi) is 2.51. The first-order chi connectivity index (χ1) is 8.70. The molecule has 0 saturated carbocycles. The molecule has 1 aliphatic rings. The minimum atomic E-state index is -0.463. The lowest BCUT2D eigenvalue weighted by atomic mass is 9.95. The lowest BCUT2D eigenvalue weighted by molar-refractivity contribution is 0.396. The van der Waals surface area contributed by atoms with Gasteiger partial charge in [-0.2, -0.15) is 0 Å². The highest BCUT2D eigenvalue weighted by atomic mass is 19.1. The topological polar surface area (TPSA) is 45.4 Å². The third kappa shape index (κ3) is 1.49. The molecule has 94 valence electrons. The zero-order chi connectivity index (χ0) is 12.7. The van der Waals surface area contributed by atoms with Crippen LogP contribution >= 0.6 is 0 Å². The fraction of sp³-hybridized carbons (Fsp3) is 0.286. The van der Waals surface area contributed by atoms with Crippen molar-refractivity contribution in [1.82, 2.24) is 4.57 Å². The van der Waals surface area contributed by atoms with Crippen LogP contribution in [0.25, 0.3) is 5.69 Å². The standard InChI is InChI=1S/C14H14FNO2/c15-11-7-3-4-8-12(11)16-13(17)9-5-1-2-6-10(9)14(16)18/h3-4,7-8,17-18H,1-2,5-6H2. The molecule has 0 unspecified atom stereocenters. The van der Waals surface area contributed by atoms with E-state index in [1.807, 2.05) is 0 Å². The summed E-state index contributed by atoms with van der Waals surface area (Å²) < 4.78 is 15.0. The Morgan fingerprint density at radius 3 is 2.06 bits per heavy atom. The SMILES string of the molecule is Oc1c2c(c(O)n1-c1ccccc1F)CCCC2. The number of benzene rings is 1. The zero-order valence-corrected chi connectivity index (χ0v) is 9.86. The molecule has 2 aromatic rings. The lowest BCUT2D eigenvalue weighted by Gasteiger charge is -2.09. The smallest absolute Gasteiger partial charge is 0.202 e. The van der Waals surface area contributed by atoms with E-state index < -0.39 is 5.82 Å². The first-order valence-corrected chi connectivity index (χ1v) is 6.09. The lowest BCUT2D eigenvalue weighted by Crippen LogP contribution is -1.98. The molecule has 0 aliphatic heterocycles. The number of aromatic nitrogens is 1. The highest BCUT2D eigenvalue weighted by molar-refractivity contribution is 5.53. The van der Waals surface area contributed by atoms with Gasteiger partial charge in [-0.25, -0.2) is 8.96 Å². The summed E-state index contributed by atoms with van der Waals surface area (Å²) in [6.07, 6.45) is 3.44. The van der Waals surface area contributed by atoms with Gasteiger partial charge in [-0.15, -0.1) is 0 Å². The van der Waals surface area contributed by atoms with Gasteiger partial charge in [-0.1, -0.05) is 12.1 Å². The summed E-state index contributed by atoms with van der Waals surface area (Å²) in [6.45, 7) is 0. The summed E-state index contributed by atoms with van der Waals surface area (Å²) in [5.41, 5.74) is 1.69. The van der Waals surface area contributed by atoms with E-state index in [0.717, 1.165) is 36.8 Å². The molecule has 18 heavy (non-hydrogen) atoms. The van der Waals surface area contributed by atoms with Crippen molar-refractivity contribution >= 4 is 0 Å². The van der Waals surface area contributed by atoms with Crippen LogP contribution in [0, 0.1) is 5.82 Å². The van der Waals surface area contributed by atoms with Gasteiger partial charge in [0.05, 0.1) is 5.69 Å². The van der Waals surface area contributed by atoms with Crippen LogP contribution in [0.1, 0.15) is 24.0 Å². The van der Waals surface area contributed by atoms with Crippen LogP contribution in [0.5, 0.6) is 11.8 Å². The molecular weight excluding hydrogens is 233 g/mol. The van der Waals surface area contributed by atoms with E-state index >= 15 is 0 Å². The fourth-order valence-electron chi connectivity index (χ4n) is 2.63. The quantitative estimate of drug-likeness (QED) is 0.813. The molecule has 1 aromatic heterocycles. The van der Waals surface area contributed by atoms with Crippen molar-refractivity contribution < 1.29 is 14.6 Å². The average Bonchev–Trinajstić information content (AvgIpc) is 2.64. The molecule has 1 aliphatic carbocycles. The Hall–Kier alpha value is -1.97. The maximum Gasteiger partial charge on any atom is 0.202 e. The van der Waals surface area contributed by atoms with Gasteiger partial charge >= 0.3 is 0 Å². The molecule has 3 rings (SSSR count). The van der Waals surface area contributed by atoms with Gasteiger partial charge in [0.15, 0.2) is 0 Å². The van der Waals surface area contributed by atoms with E-state index in [-0.39, 0.29) is 17.4 Å². The van der Waals surface area contributed by atoms with Crippen LogP contribution in [-0.2, 0) is 12.8 Å². The van der Waals surface area contributed by atoms with E-state index in [9.17, 15) is 14.6 Å². The third-order valence-electron chi connectivity index (χ3n) is 3.52. The van der Waals surface area contributed by atoms with E-state index in [1.54, 1.807) is 18.2 Å². The second-order valence-electron chi connectivity index (χ2n) is 4.60. The molecule has 4 heteroatoms. The number of aromatic hydroxyl groups is 2. The number of nitrogens with zero attached hydrogens (tertiary/aromatic N) is 1. The Labute approximate surface area is 104 Å². The molecule has 0 atom stereocenters. The van der Waals surface area contributed by atoms with Crippen molar-refractivity contribution in [3.63, 3.8) is 0 Å². The zero-order valence-electron chi connectivity index (χ0n) is 9.86. The molecule has 0 amide bonds. The number of fused-ring (bicyclic) bond motifs is 1. The van der Waals surface area contributed by atoms with Crippen LogP contribution in [0.15, 0.2) is 24.3 Å². The van der Waals surface area contributed by atoms with Gasteiger partial charge in [0, 0.05) is 11.1 Å². The van der Waals surface area contributed by atoms with Crippen LogP contribution in [0.2, 0.25) is 0 Å². The summed E-state index contributed by atoms with van der Waals surface area (Å²) in [4.78, 5) is 0. The predicted octanol–water partition coefficient (Wildman–Crippen LogP) is 2.91. The maximum absolute atomic E-state index is 13.8. The summed E-state index contributed by atoms with van der Waals surface area (Å²) in [7, 11) is 0. The van der Waals surface area contributed by atoms with Crippen LogP contribution in [0.4, 0.5) is 4.39 Å². The normalized spacial score (nSPS) is 14.5. The predicted molar refractivity (Wildman–Crippen MR) is 65.7 cm³/mol. The van der Waals surface area contributed by atoms with Crippen molar-refractivity contribution in [2.45, 2.75) is 25.7 Å². The van der Waals surface area contributed by atoms with Crippen LogP contribution < -0.4 is 0 Å². The Balaban J connectivity index is 2.25. The minimum absolute atomic E-state index is 0.0349. The fourth-order valence-corrected chi connectivity index (χ4v) is 2.63. The van der Waals surface area contributed by atoms with Crippen LogP contribution in [0.3, 0.4) is 0 Å². The molecule has 0 spiro atoms. The molecule has 3 nitrogen and oxygen atoms in total. The summed E-state index contributed by atoms with van der Waals surface area (Å²) >= 11 is 0. The highest BCUT2D eigenvalue weighted by Crippen LogP contribution is 2.41. The number of hydrogen-bond acceptors (Lipinski definition) is 2. The molecule has 2 N–H and O–H groups in total. The first-order valence-electron chi connectivity index (χ1n) is 6.09. The monoisotopic (exact) mass is 247 g/mol. The summed E-state index contributed by atoms with van der Waals surface area (Å²) in [5.74, 6) is -0.532. The van der Waals surface area contributed by atoms with Gasteiger partial charge in [0.1, 0.15) is 5.82 Å². The third-order valence-corrected chi connectivity index (χ3v) is 3.52.